The number of rotatable bonds is 13. The Labute approximate surface area is 189 Å². The van der Waals surface area contributed by atoms with Gasteiger partial charge in [-0.25, -0.2) is 0 Å². The molecular formula is C18H32N4O9S. The van der Waals surface area contributed by atoms with Gasteiger partial charge in [0.15, 0.2) is 0 Å². The van der Waals surface area contributed by atoms with Gasteiger partial charge < -0.3 is 41.7 Å². The summed E-state index contributed by atoms with van der Waals surface area (Å²) in [5, 5.41) is 40.6. The summed E-state index contributed by atoms with van der Waals surface area (Å²) in [6.07, 6.45) is -0.240. The fourth-order valence-corrected chi connectivity index (χ4v) is 4.25. The highest BCUT2D eigenvalue weighted by molar-refractivity contribution is 8.00. The smallest absolute Gasteiger partial charge is 0.322 e. The van der Waals surface area contributed by atoms with Gasteiger partial charge in [0.1, 0.15) is 18.3 Å². The van der Waals surface area contributed by atoms with Crippen LogP contribution in [0.5, 0.6) is 0 Å². The maximum Gasteiger partial charge on any atom is 0.322 e. The Morgan fingerprint density at radius 3 is 2.38 bits per heavy atom. The molecule has 1 aliphatic rings. The molecule has 0 radical (unpaired) electrons. The molecule has 32 heavy (non-hydrogen) atoms. The Morgan fingerprint density at radius 2 is 1.84 bits per heavy atom. The standard InChI is InChI=1S/C17H27N3O9S.CH5N/c1-17(29)7-11(16(28)20(17)5-6-21)30-9-10(15(27)18-8-14(25)26)19-12(22)3-2-4-13(23)24;1-2/h10-11,21,29H,2-9H2,1H3,(H,18,27)(H,19,22)(H,23,24)(H,25,26);2H2,1H3. The molecule has 0 saturated carbocycles. The summed E-state index contributed by atoms with van der Waals surface area (Å²) in [6, 6.07) is -1.16. The van der Waals surface area contributed by atoms with Gasteiger partial charge in [0.05, 0.1) is 11.9 Å². The van der Waals surface area contributed by atoms with Gasteiger partial charge in [-0.3, -0.25) is 24.0 Å². The molecule has 1 heterocycles. The normalized spacial score (nSPS) is 20.7. The van der Waals surface area contributed by atoms with Gasteiger partial charge in [0.2, 0.25) is 17.7 Å². The van der Waals surface area contributed by atoms with E-state index in [0.29, 0.717) is 0 Å². The Kier molecular flexibility index (Phi) is 13.5. The molecule has 3 atom stereocenters. The van der Waals surface area contributed by atoms with Crippen molar-refractivity contribution in [2.45, 2.75) is 49.6 Å². The number of β-amino-alcohol motifs (C(OH)–C–C–N with tert-alkyl or cyclic N) is 1. The first-order valence-electron chi connectivity index (χ1n) is 9.82. The summed E-state index contributed by atoms with van der Waals surface area (Å²) in [6.45, 7) is 0.399. The van der Waals surface area contributed by atoms with Gasteiger partial charge in [-0.05, 0) is 20.4 Å². The van der Waals surface area contributed by atoms with Crippen LogP contribution in [0.1, 0.15) is 32.6 Å². The minimum atomic E-state index is -1.46. The van der Waals surface area contributed by atoms with Gasteiger partial charge >= 0.3 is 11.9 Å². The molecule has 8 N–H and O–H groups in total. The zero-order valence-electron chi connectivity index (χ0n) is 18.1. The number of carbonyl (C=O) groups excluding carboxylic acids is 3. The van der Waals surface area contributed by atoms with Crippen LogP contribution in [-0.4, -0.2) is 104 Å². The maximum atomic E-state index is 12.4. The number of hydrogen-bond acceptors (Lipinski definition) is 9. The molecule has 184 valence electrons. The van der Waals surface area contributed by atoms with Gasteiger partial charge in [-0.1, -0.05) is 0 Å². The van der Waals surface area contributed by atoms with E-state index in [4.69, 9.17) is 15.3 Å². The molecule has 1 aliphatic heterocycles. The lowest BCUT2D eigenvalue weighted by Gasteiger charge is -2.28. The van der Waals surface area contributed by atoms with Crippen molar-refractivity contribution in [3.05, 3.63) is 0 Å². The number of carboxylic acids is 2. The van der Waals surface area contributed by atoms with Crippen molar-refractivity contribution >= 4 is 41.4 Å². The predicted molar refractivity (Wildman–Crippen MR) is 114 cm³/mol. The van der Waals surface area contributed by atoms with Crippen LogP contribution in [0, 0.1) is 0 Å². The average molecular weight is 481 g/mol. The zero-order valence-corrected chi connectivity index (χ0v) is 18.9. The number of amides is 3. The van der Waals surface area contributed by atoms with Crippen molar-refractivity contribution in [2.75, 3.05) is 32.5 Å². The quantitative estimate of drug-likeness (QED) is 0.146. The van der Waals surface area contributed by atoms with E-state index in [0.717, 1.165) is 16.7 Å². The molecule has 1 fully saturated rings. The molecular weight excluding hydrogens is 448 g/mol. The first kappa shape index (κ1) is 29.6. The van der Waals surface area contributed by atoms with Crippen LogP contribution in [0.15, 0.2) is 0 Å². The Bertz CT molecular complexity index is 675. The maximum absolute atomic E-state index is 12.4. The van der Waals surface area contributed by atoms with Crippen molar-refractivity contribution < 1.29 is 44.4 Å². The fraction of sp³-hybridized carbons (Fsp3) is 0.722. The molecule has 0 aromatic rings. The summed E-state index contributed by atoms with van der Waals surface area (Å²) >= 11 is 1.02. The molecule has 13 nitrogen and oxygen atoms in total. The second-order valence-corrected chi connectivity index (χ2v) is 8.17. The molecule has 14 heteroatoms. The molecule has 0 spiro atoms. The highest BCUT2D eigenvalue weighted by atomic mass is 32.2. The number of aliphatic hydroxyl groups excluding tert-OH is 1. The molecule has 0 aromatic carbocycles. The van der Waals surface area contributed by atoms with Crippen LogP contribution in [-0.2, 0) is 24.0 Å². The van der Waals surface area contributed by atoms with Crippen molar-refractivity contribution in [3.63, 3.8) is 0 Å². The van der Waals surface area contributed by atoms with E-state index in [1.165, 1.54) is 14.0 Å². The van der Waals surface area contributed by atoms with Gasteiger partial charge in [-0.2, -0.15) is 0 Å². The van der Waals surface area contributed by atoms with Crippen LogP contribution in [0.3, 0.4) is 0 Å². The van der Waals surface area contributed by atoms with E-state index in [2.05, 4.69) is 16.4 Å². The monoisotopic (exact) mass is 480 g/mol. The average Bonchev–Trinajstić information content (AvgIpc) is 2.93. The minimum absolute atomic E-state index is 0.0481. The summed E-state index contributed by atoms with van der Waals surface area (Å²) in [5.74, 6) is -4.18. The number of nitrogens with two attached hydrogens (primary N) is 1. The van der Waals surface area contributed by atoms with Gasteiger partial charge in [0, 0.05) is 31.6 Å². The van der Waals surface area contributed by atoms with Crippen molar-refractivity contribution in [2.24, 2.45) is 5.73 Å². The van der Waals surface area contributed by atoms with Crippen molar-refractivity contribution in [1.82, 2.24) is 15.5 Å². The Morgan fingerprint density at radius 1 is 1.22 bits per heavy atom. The molecule has 0 aliphatic carbocycles. The van der Waals surface area contributed by atoms with E-state index < -0.39 is 53.2 Å². The van der Waals surface area contributed by atoms with Crippen molar-refractivity contribution in [3.8, 4) is 0 Å². The number of carbonyl (C=O) groups is 5. The van der Waals surface area contributed by atoms with E-state index in [-0.39, 0.29) is 44.6 Å². The zero-order chi connectivity index (χ0) is 24.9. The minimum Gasteiger partial charge on any atom is -0.481 e. The highest BCUT2D eigenvalue weighted by Gasteiger charge is 2.46. The van der Waals surface area contributed by atoms with E-state index in [9.17, 15) is 29.1 Å². The molecule has 1 saturated heterocycles. The second kappa shape index (κ2) is 14.6. The number of nitrogens with one attached hydrogen (secondary N) is 2. The molecule has 3 unspecified atom stereocenters. The third kappa shape index (κ3) is 10.3. The van der Waals surface area contributed by atoms with Crippen molar-refractivity contribution in [1.29, 1.82) is 0 Å². The summed E-state index contributed by atoms with van der Waals surface area (Å²) in [5.41, 5.74) is 3.04. The van der Waals surface area contributed by atoms with E-state index in [1.807, 2.05) is 0 Å². The molecule has 1 rings (SSSR count). The number of hydrogen-bond donors (Lipinski definition) is 7. The molecule has 0 aromatic heterocycles. The number of nitrogens with zero attached hydrogens (tertiary/aromatic N) is 1. The van der Waals surface area contributed by atoms with E-state index in [1.54, 1.807) is 0 Å². The first-order chi connectivity index (χ1) is 15.0. The SMILES string of the molecule is CC1(O)CC(SCC(NC(=O)CCCC(=O)O)C(=O)NCC(=O)O)C(=O)N1CCO.CN. The summed E-state index contributed by atoms with van der Waals surface area (Å²) in [7, 11) is 1.50. The lowest BCUT2D eigenvalue weighted by Crippen LogP contribution is -2.49. The highest BCUT2D eigenvalue weighted by Crippen LogP contribution is 2.34. The Hall–Kier alpha value is -2.42. The largest absolute Gasteiger partial charge is 0.481 e. The number of aliphatic hydroxyl groups is 2. The molecule has 0 bridgehead atoms. The van der Waals surface area contributed by atoms with Crippen LogP contribution in [0.25, 0.3) is 0 Å². The van der Waals surface area contributed by atoms with Crippen LogP contribution < -0.4 is 16.4 Å². The van der Waals surface area contributed by atoms with Gasteiger partial charge in [0.25, 0.3) is 0 Å². The number of thioether (sulfide) groups is 1. The fourth-order valence-electron chi connectivity index (χ4n) is 2.89. The Balaban J connectivity index is 0.00000466. The van der Waals surface area contributed by atoms with Crippen LogP contribution >= 0.6 is 11.8 Å². The summed E-state index contributed by atoms with van der Waals surface area (Å²) < 4.78 is 0. The topological polar surface area (TPSA) is 220 Å². The lowest BCUT2D eigenvalue weighted by molar-refractivity contribution is -0.143. The van der Waals surface area contributed by atoms with E-state index >= 15 is 0 Å². The predicted octanol–water partition coefficient (Wildman–Crippen LogP) is -2.46. The lowest BCUT2D eigenvalue weighted by atomic mass is 10.2. The number of likely N-dealkylation sites (tertiary alicyclic amines) is 1. The number of aliphatic carboxylic acids is 2. The second-order valence-electron chi connectivity index (χ2n) is 6.94. The summed E-state index contributed by atoms with van der Waals surface area (Å²) in [4.78, 5) is 59.1. The van der Waals surface area contributed by atoms with Gasteiger partial charge in [-0.15, -0.1) is 11.8 Å². The number of carboxylic acid groups (broad SMARTS) is 2. The third-order valence-electron chi connectivity index (χ3n) is 4.34. The van der Waals surface area contributed by atoms with Crippen LogP contribution in [0.4, 0.5) is 0 Å². The van der Waals surface area contributed by atoms with Crippen LogP contribution in [0.2, 0.25) is 0 Å². The molecule has 3 amide bonds. The third-order valence-corrected chi connectivity index (χ3v) is 5.64. The first-order valence-corrected chi connectivity index (χ1v) is 10.9.